The van der Waals surface area contributed by atoms with Crippen LogP contribution < -0.4 is 5.32 Å². The van der Waals surface area contributed by atoms with Gasteiger partial charge in [0, 0.05) is 12.7 Å². The van der Waals surface area contributed by atoms with E-state index in [9.17, 15) is 4.79 Å². The molecule has 0 aromatic heterocycles. The summed E-state index contributed by atoms with van der Waals surface area (Å²) >= 11 is 0. The van der Waals surface area contributed by atoms with E-state index in [0.717, 1.165) is 19.4 Å². The van der Waals surface area contributed by atoms with Gasteiger partial charge in [0.25, 0.3) is 0 Å². The van der Waals surface area contributed by atoms with Crippen molar-refractivity contribution in [3.05, 3.63) is 0 Å². The van der Waals surface area contributed by atoms with Gasteiger partial charge >= 0.3 is 0 Å². The molecule has 0 atom stereocenters. The van der Waals surface area contributed by atoms with Gasteiger partial charge in [-0.1, -0.05) is 62.8 Å². The number of rotatable bonds is 5. The van der Waals surface area contributed by atoms with Crippen molar-refractivity contribution in [2.75, 3.05) is 12.7 Å². The number of carbonyl (C=O) groups excluding carboxylic acids is 1. The fraction of sp³-hybridized carbons (Fsp3) is 0.929. The summed E-state index contributed by atoms with van der Waals surface area (Å²) in [6.07, 6.45) is 2.91. The second-order valence-electron chi connectivity index (χ2n) is 6.63. The largest absolute Gasteiger partial charge is 0.356 e. The zero-order valence-corrected chi connectivity index (χ0v) is 13.6. The first-order valence-electron chi connectivity index (χ1n) is 6.63. The van der Waals surface area contributed by atoms with Gasteiger partial charge < -0.3 is 5.32 Å². The first-order valence-corrected chi connectivity index (χ1v) is 8.16. The second-order valence-corrected chi connectivity index (χ2v) is 10.5. The molecule has 0 saturated carbocycles. The van der Waals surface area contributed by atoms with E-state index in [1.165, 1.54) is 0 Å². The Labute approximate surface area is 109 Å². The molecule has 0 rings (SSSR count). The summed E-state index contributed by atoms with van der Waals surface area (Å²) in [6.45, 7) is 16.5. The Bertz CT molecular complexity index is 224. The highest BCUT2D eigenvalue weighted by atomic mass is 31.1. The molecule has 1 amide bonds. The Balaban J connectivity index is 4.41. The van der Waals surface area contributed by atoms with Crippen LogP contribution in [0.25, 0.3) is 0 Å². The van der Waals surface area contributed by atoms with Crippen LogP contribution in [-0.2, 0) is 4.79 Å². The van der Waals surface area contributed by atoms with E-state index < -0.39 is 0 Å². The molecular weight excluding hydrogens is 229 g/mol. The van der Waals surface area contributed by atoms with Gasteiger partial charge in [0.05, 0.1) is 0 Å². The third kappa shape index (κ3) is 7.03. The lowest BCUT2D eigenvalue weighted by molar-refractivity contribution is -0.118. The number of nitrogens with one attached hydrogen (secondary N) is 1. The van der Waals surface area contributed by atoms with E-state index in [4.69, 9.17) is 0 Å². The van der Waals surface area contributed by atoms with E-state index in [0.29, 0.717) is 6.16 Å². The van der Waals surface area contributed by atoms with Gasteiger partial charge in [0.15, 0.2) is 0 Å². The van der Waals surface area contributed by atoms with Gasteiger partial charge in [-0.3, -0.25) is 4.79 Å². The molecule has 102 valence electrons. The highest BCUT2D eigenvalue weighted by Gasteiger charge is 2.35. The van der Waals surface area contributed by atoms with Crippen LogP contribution in [0.1, 0.15) is 61.3 Å². The predicted molar refractivity (Wildman–Crippen MR) is 79.2 cm³/mol. The quantitative estimate of drug-likeness (QED) is 0.587. The van der Waals surface area contributed by atoms with Gasteiger partial charge in [-0.15, -0.1) is 0 Å². The molecule has 0 heterocycles. The molecule has 2 nitrogen and oxygen atoms in total. The van der Waals surface area contributed by atoms with E-state index in [-0.39, 0.29) is 24.1 Å². The van der Waals surface area contributed by atoms with Gasteiger partial charge in [0.2, 0.25) is 5.91 Å². The molecule has 1 N–H and O–H groups in total. The lowest BCUT2D eigenvalue weighted by Gasteiger charge is -2.41. The van der Waals surface area contributed by atoms with E-state index in [1.807, 2.05) is 0 Å². The highest BCUT2D eigenvalue weighted by Crippen LogP contribution is 2.58. The molecule has 0 aromatic carbocycles. The second kappa shape index (κ2) is 6.73. The first-order chi connectivity index (χ1) is 7.59. The molecular formula is C14H30NOP. The molecule has 0 aliphatic heterocycles. The lowest BCUT2D eigenvalue weighted by Crippen LogP contribution is -2.34. The van der Waals surface area contributed by atoms with Gasteiger partial charge in [-0.2, -0.15) is 0 Å². The molecule has 0 radical (unpaired) electrons. The Hall–Kier alpha value is -0.100. The maximum Gasteiger partial charge on any atom is 0.224 e. The minimum atomic E-state index is -0.315. The number of unbranched alkanes of at least 4 members (excludes halogenated alkanes) is 1. The topological polar surface area (TPSA) is 29.1 Å². The summed E-state index contributed by atoms with van der Waals surface area (Å²) < 4.78 is 0. The summed E-state index contributed by atoms with van der Waals surface area (Å²) in [7, 11) is -0.315. The zero-order valence-electron chi connectivity index (χ0n) is 12.7. The number of amides is 1. The SMILES string of the molecule is CCCCNC(=O)CP(C(C)(C)C)C(C)(C)C. The summed E-state index contributed by atoms with van der Waals surface area (Å²) in [5.74, 6) is 0.231. The third-order valence-corrected chi connectivity index (χ3v) is 6.62. The molecule has 0 aromatic rings. The van der Waals surface area contributed by atoms with Gasteiger partial charge in [-0.05, 0) is 16.7 Å². The fourth-order valence-corrected chi connectivity index (χ4v) is 5.44. The average Bonchev–Trinajstić information content (AvgIpc) is 2.11. The minimum absolute atomic E-state index is 0.231. The van der Waals surface area contributed by atoms with Crippen molar-refractivity contribution in [2.45, 2.75) is 71.6 Å². The average molecular weight is 259 g/mol. The molecule has 17 heavy (non-hydrogen) atoms. The molecule has 0 unspecified atom stereocenters. The summed E-state index contributed by atoms with van der Waals surface area (Å²) in [4.78, 5) is 11.9. The normalized spacial score (nSPS) is 12.9. The third-order valence-electron chi connectivity index (χ3n) is 2.77. The number of hydrogen-bond acceptors (Lipinski definition) is 1. The smallest absolute Gasteiger partial charge is 0.224 e. The Morgan fingerprint density at radius 2 is 1.53 bits per heavy atom. The van der Waals surface area contributed by atoms with Crippen molar-refractivity contribution in [2.24, 2.45) is 0 Å². The predicted octanol–water partition coefficient (Wildman–Crippen LogP) is 3.98. The highest BCUT2D eigenvalue weighted by molar-refractivity contribution is 7.61. The monoisotopic (exact) mass is 259 g/mol. The van der Waals surface area contributed by atoms with Crippen LogP contribution >= 0.6 is 7.92 Å². The van der Waals surface area contributed by atoms with Crippen LogP contribution in [0, 0.1) is 0 Å². The molecule has 0 saturated heterocycles. The van der Waals surface area contributed by atoms with Gasteiger partial charge in [0.1, 0.15) is 0 Å². The van der Waals surface area contributed by atoms with Crippen molar-refractivity contribution in [1.82, 2.24) is 5.32 Å². The maximum absolute atomic E-state index is 11.9. The first kappa shape index (κ1) is 16.9. The molecule has 0 aliphatic carbocycles. The van der Waals surface area contributed by atoms with Crippen LogP contribution in [0.4, 0.5) is 0 Å². The van der Waals surface area contributed by atoms with Crippen LogP contribution in [0.5, 0.6) is 0 Å². The molecule has 0 spiro atoms. The van der Waals surface area contributed by atoms with Crippen LogP contribution in [0.3, 0.4) is 0 Å². The van der Waals surface area contributed by atoms with Crippen molar-refractivity contribution in [3.63, 3.8) is 0 Å². The zero-order chi connectivity index (χ0) is 13.7. The molecule has 0 bridgehead atoms. The lowest BCUT2D eigenvalue weighted by atomic mass is 10.2. The van der Waals surface area contributed by atoms with Crippen molar-refractivity contribution in [3.8, 4) is 0 Å². The Morgan fingerprint density at radius 1 is 1.06 bits per heavy atom. The van der Waals surface area contributed by atoms with Crippen molar-refractivity contribution < 1.29 is 4.79 Å². The molecule has 0 aliphatic rings. The minimum Gasteiger partial charge on any atom is -0.356 e. The summed E-state index contributed by atoms with van der Waals surface area (Å²) in [5, 5.41) is 3.50. The Morgan fingerprint density at radius 3 is 1.88 bits per heavy atom. The van der Waals surface area contributed by atoms with Crippen molar-refractivity contribution in [1.29, 1.82) is 0 Å². The van der Waals surface area contributed by atoms with E-state index >= 15 is 0 Å². The van der Waals surface area contributed by atoms with Crippen LogP contribution in [-0.4, -0.2) is 28.9 Å². The maximum atomic E-state index is 11.9. The molecule has 3 heteroatoms. The summed E-state index contributed by atoms with van der Waals surface area (Å²) in [6, 6.07) is 0. The van der Waals surface area contributed by atoms with Gasteiger partial charge in [-0.25, -0.2) is 0 Å². The summed E-state index contributed by atoms with van der Waals surface area (Å²) in [5.41, 5.74) is 0. The van der Waals surface area contributed by atoms with Crippen LogP contribution in [0.2, 0.25) is 0 Å². The number of hydrogen-bond donors (Lipinski definition) is 1. The van der Waals surface area contributed by atoms with E-state index in [2.05, 4.69) is 53.8 Å². The molecule has 0 fully saturated rings. The van der Waals surface area contributed by atoms with E-state index in [1.54, 1.807) is 0 Å². The Kier molecular flexibility index (Phi) is 6.69. The van der Waals surface area contributed by atoms with Crippen LogP contribution in [0.15, 0.2) is 0 Å². The van der Waals surface area contributed by atoms with Crippen molar-refractivity contribution >= 4 is 13.8 Å². The standard InChI is InChI=1S/C14H30NOP/c1-8-9-10-15-12(16)11-17(13(2,3)4)14(5,6)7/h8-11H2,1-7H3,(H,15,16). The number of carbonyl (C=O) groups is 1. The fourth-order valence-electron chi connectivity index (χ4n) is 2.08.